The van der Waals surface area contributed by atoms with Crippen LogP contribution in [0.3, 0.4) is 0 Å². The Kier molecular flexibility index (Phi) is 9.07. The number of hydrazine groups is 1. The van der Waals surface area contributed by atoms with Crippen LogP contribution in [0.1, 0.15) is 41.7 Å². The Labute approximate surface area is 229 Å². The fraction of sp³-hybridized carbons (Fsp3) is 0.308. The summed E-state index contributed by atoms with van der Waals surface area (Å²) < 4.78 is 7.29. The predicted molar refractivity (Wildman–Crippen MR) is 143 cm³/mol. The van der Waals surface area contributed by atoms with Crippen molar-refractivity contribution >= 4 is 29.1 Å². The third-order valence-corrected chi connectivity index (χ3v) is 6.37. The predicted octanol–water partition coefficient (Wildman–Crippen LogP) is 4.94. The van der Waals surface area contributed by atoms with Crippen LogP contribution in [-0.4, -0.2) is 52.6 Å². The topological polar surface area (TPSA) is 112 Å². The summed E-state index contributed by atoms with van der Waals surface area (Å²) in [6.45, 7) is 1.44. The zero-order chi connectivity index (χ0) is 27.1. The number of nitrogens with zero attached hydrogens (tertiary/aromatic N) is 4. The van der Waals surface area contributed by atoms with Crippen LogP contribution in [0.15, 0.2) is 42.5 Å². The fourth-order valence-corrected chi connectivity index (χ4v) is 4.56. The first-order valence-electron chi connectivity index (χ1n) is 11.9. The zero-order valence-corrected chi connectivity index (χ0v) is 22.1. The molecule has 2 heterocycles. The van der Waals surface area contributed by atoms with Gasteiger partial charge < -0.3 is 9.57 Å². The molecule has 1 aliphatic rings. The molecule has 0 saturated carbocycles. The van der Waals surface area contributed by atoms with E-state index in [1.807, 2.05) is 17.1 Å². The maximum atomic E-state index is 13.3. The van der Waals surface area contributed by atoms with Gasteiger partial charge in [0.1, 0.15) is 12.3 Å². The third-order valence-electron chi connectivity index (χ3n) is 5.83. The van der Waals surface area contributed by atoms with Crippen LogP contribution in [0.25, 0.3) is 16.9 Å². The van der Waals surface area contributed by atoms with Crippen molar-refractivity contribution in [3.8, 4) is 34.5 Å². The number of hydrogen-bond donors (Lipinski definition) is 1. The number of piperidine rings is 1. The van der Waals surface area contributed by atoms with Gasteiger partial charge in [-0.3, -0.25) is 10.2 Å². The first-order chi connectivity index (χ1) is 18.4. The lowest BCUT2D eigenvalue weighted by molar-refractivity contribution is -0.757. The fourth-order valence-electron chi connectivity index (χ4n) is 4.08. The van der Waals surface area contributed by atoms with E-state index < -0.39 is 5.09 Å². The average molecular weight is 558 g/mol. The molecule has 0 atom stereocenters. The Hall–Kier alpha value is -3.78. The van der Waals surface area contributed by atoms with Crippen molar-refractivity contribution in [2.45, 2.75) is 25.7 Å². The van der Waals surface area contributed by atoms with E-state index in [1.54, 1.807) is 35.0 Å². The van der Waals surface area contributed by atoms with E-state index in [0.29, 0.717) is 38.3 Å². The maximum Gasteiger partial charge on any atom is 0.294 e. The number of aromatic nitrogens is 2. The maximum absolute atomic E-state index is 13.3. The van der Waals surface area contributed by atoms with Gasteiger partial charge >= 0.3 is 0 Å². The molecule has 10 nitrogen and oxygen atoms in total. The van der Waals surface area contributed by atoms with Crippen LogP contribution < -0.4 is 10.2 Å². The monoisotopic (exact) mass is 557 g/mol. The summed E-state index contributed by atoms with van der Waals surface area (Å²) in [5.74, 6) is 5.69. The Bertz CT molecular complexity index is 1380. The summed E-state index contributed by atoms with van der Waals surface area (Å²) in [6, 6.07) is 12.3. The van der Waals surface area contributed by atoms with Gasteiger partial charge in [0, 0.05) is 35.7 Å². The van der Waals surface area contributed by atoms with Gasteiger partial charge in [0.25, 0.3) is 11.0 Å². The quantitative estimate of drug-likeness (QED) is 0.181. The lowest BCUT2D eigenvalue weighted by atomic mass is 10.1. The van der Waals surface area contributed by atoms with Crippen molar-refractivity contribution in [2.24, 2.45) is 0 Å². The largest absolute Gasteiger partial charge is 0.492 e. The SMILES string of the molecule is COc1c(C(=O)NN2CCCCC2)nn(-c2ccc(Cl)cc2Cl)c1-c1ccc(C#CCCO[N+](=O)[O-])cc1. The Morgan fingerprint density at radius 1 is 1.16 bits per heavy atom. The molecular formula is C26H25Cl2N5O5. The molecule has 1 aliphatic heterocycles. The summed E-state index contributed by atoms with van der Waals surface area (Å²) in [5, 5.41) is 16.7. The number of carbonyl (C=O) groups excluding carboxylic acids is 1. The highest BCUT2D eigenvalue weighted by Gasteiger charge is 2.28. The zero-order valence-electron chi connectivity index (χ0n) is 20.6. The van der Waals surface area contributed by atoms with E-state index in [0.717, 1.165) is 32.4 Å². The number of carbonyl (C=O) groups is 1. The molecule has 2 aromatic carbocycles. The van der Waals surface area contributed by atoms with Gasteiger partial charge in [-0.25, -0.2) is 9.69 Å². The van der Waals surface area contributed by atoms with Crippen LogP contribution in [0, 0.1) is 22.0 Å². The lowest BCUT2D eigenvalue weighted by Crippen LogP contribution is -2.45. The molecule has 0 spiro atoms. The van der Waals surface area contributed by atoms with E-state index in [-0.39, 0.29) is 24.6 Å². The molecule has 1 fully saturated rings. The standard InChI is InChI=1S/C26H25Cl2N5O5/c1-37-25-23(26(34)30-31-14-4-2-5-15-31)29-32(22-13-12-20(27)17-21(22)28)24(25)19-10-8-18(9-11-19)7-3-6-16-38-33(35)36/h8-13,17H,2,4-6,14-16H2,1H3,(H,30,34). The van der Waals surface area contributed by atoms with E-state index in [1.165, 1.54) is 7.11 Å². The molecule has 0 bridgehead atoms. The minimum Gasteiger partial charge on any atom is -0.492 e. The first-order valence-corrected chi connectivity index (χ1v) is 12.7. The van der Waals surface area contributed by atoms with Gasteiger partial charge in [0.05, 0.1) is 17.8 Å². The highest BCUT2D eigenvalue weighted by molar-refractivity contribution is 6.35. The number of nitrogens with one attached hydrogen (secondary N) is 1. The van der Waals surface area contributed by atoms with Crippen LogP contribution >= 0.6 is 23.2 Å². The second-order valence-corrected chi connectivity index (χ2v) is 9.26. The highest BCUT2D eigenvalue weighted by atomic mass is 35.5. The normalized spacial score (nSPS) is 13.3. The molecule has 0 unspecified atom stereocenters. The molecule has 4 rings (SSSR count). The van der Waals surface area contributed by atoms with E-state index in [4.69, 9.17) is 27.9 Å². The van der Waals surface area contributed by atoms with E-state index in [2.05, 4.69) is 27.2 Å². The lowest BCUT2D eigenvalue weighted by Gasteiger charge is -2.26. The Balaban J connectivity index is 1.71. The molecule has 1 saturated heterocycles. The molecule has 1 N–H and O–H groups in total. The molecule has 12 heteroatoms. The van der Waals surface area contributed by atoms with Crippen molar-refractivity contribution in [1.82, 2.24) is 20.2 Å². The summed E-state index contributed by atoms with van der Waals surface area (Å²) in [6.07, 6.45) is 3.37. The molecule has 1 aromatic heterocycles. The Morgan fingerprint density at radius 3 is 2.55 bits per heavy atom. The smallest absolute Gasteiger partial charge is 0.294 e. The molecule has 0 radical (unpaired) electrons. The minimum absolute atomic E-state index is 0.0986. The van der Waals surface area contributed by atoms with Crippen LogP contribution in [-0.2, 0) is 4.84 Å². The van der Waals surface area contributed by atoms with Crippen molar-refractivity contribution < 1.29 is 19.5 Å². The number of hydrogen-bond acceptors (Lipinski definition) is 7. The molecular weight excluding hydrogens is 533 g/mol. The summed E-state index contributed by atoms with van der Waals surface area (Å²) in [5.41, 5.74) is 5.52. The second-order valence-electron chi connectivity index (χ2n) is 8.41. The van der Waals surface area contributed by atoms with Gasteiger partial charge in [0.2, 0.25) is 0 Å². The summed E-state index contributed by atoms with van der Waals surface area (Å²) >= 11 is 12.6. The summed E-state index contributed by atoms with van der Waals surface area (Å²) in [7, 11) is 1.48. The van der Waals surface area contributed by atoms with Gasteiger partial charge in [-0.2, -0.15) is 5.10 Å². The average Bonchev–Trinajstić information content (AvgIpc) is 3.29. The number of amides is 1. The van der Waals surface area contributed by atoms with Crippen LogP contribution in [0.4, 0.5) is 0 Å². The van der Waals surface area contributed by atoms with E-state index >= 15 is 0 Å². The van der Waals surface area contributed by atoms with Crippen molar-refractivity contribution in [1.29, 1.82) is 0 Å². The molecule has 1 amide bonds. The molecule has 198 valence electrons. The number of benzene rings is 2. The first kappa shape index (κ1) is 27.3. The van der Waals surface area contributed by atoms with Gasteiger partial charge in [-0.05, 0) is 43.2 Å². The van der Waals surface area contributed by atoms with E-state index in [9.17, 15) is 14.9 Å². The number of methoxy groups -OCH3 is 1. The van der Waals surface area contributed by atoms with Gasteiger partial charge in [-0.15, -0.1) is 10.1 Å². The number of ether oxygens (including phenoxy) is 1. The van der Waals surface area contributed by atoms with Crippen molar-refractivity contribution in [3.63, 3.8) is 0 Å². The number of halogens is 2. The van der Waals surface area contributed by atoms with Gasteiger partial charge in [0.15, 0.2) is 11.4 Å². The third kappa shape index (κ3) is 6.55. The molecule has 3 aromatic rings. The minimum atomic E-state index is -0.846. The van der Waals surface area contributed by atoms with Crippen molar-refractivity contribution in [2.75, 3.05) is 26.8 Å². The second kappa shape index (κ2) is 12.6. The van der Waals surface area contributed by atoms with Crippen molar-refractivity contribution in [3.05, 3.63) is 73.9 Å². The molecule has 0 aliphatic carbocycles. The van der Waals surface area contributed by atoms with Crippen LogP contribution in [0.2, 0.25) is 10.0 Å². The Morgan fingerprint density at radius 2 is 1.89 bits per heavy atom. The van der Waals surface area contributed by atoms with Gasteiger partial charge in [-0.1, -0.05) is 53.6 Å². The summed E-state index contributed by atoms with van der Waals surface area (Å²) in [4.78, 5) is 27.8. The number of rotatable bonds is 8. The molecule has 38 heavy (non-hydrogen) atoms. The highest BCUT2D eigenvalue weighted by Crippen LogP contribution is 2.37. The van der Waals surface area contributed by atoms with Crippen LogP contribution in [0.5, 0.6) is 5.75 Å².